The fourth-order valence-electron chi connectivity index (χ4n) is 5.91. The molecule has 3 N–H and O–H groups in total. The van der Waals surface area contributed by atoms with Crippen molar-refractivity contribution in [3.05, 3.63) is 120 Å². The van der Waals surface area contributed by atoms with Gasteiger partial charge in [0, 0.05) is 31.1 Å². The fraction of sp³-hybridized carbons (Fsp3) is 0.325. The first-order chi connectivity index (χ1) is 22.7. The number of hydrogen-bond donors (Lipinski definition) is 3. The fourth-order valence-corrected chi connectivity index (χ4v) is 5.91. The number of aryl methyl sites for hydroxylation is 1. The number of ether oxygens (including phenoxy) is 2. The first kappa shape index (κ1) is 33.0. The van der Waals surface area contributed by atoms with Gasteiger partial charge in [-0.25, -0.2) is 0 Å². The minimum absolute atomic E-state index is 0.0703. The van der Waals surface area contributed by atoms with Gasteiger partial charge in [-0.3, -0.25) is 4.79 Å². The smallest absolute Gasteiger partial charge is 0.220 e. The second-order valence-electron chi connectivity index (χ2n) is 11.7. The average Bonchev–Trinajstić information content (AvgIpc) is 3.10. The summed E-state index contributed by atoms with van der Waals surface area (Å²) in [4.78, 5) is 12.3. The lowest BCUT2D eigenvalue weighted by Gasteiger charge is -2.13. The van der Waals surface area contributed by atoms with Crippen LogP contribution >= 0.6 is 0 Å². The quantitative estimate of drug-likeness (QED) is 0.0674. The third-order valence-corrected chi connectivity index (χ3v) is 8.34. The van der Waals surface area contributed by atoms with E-state index >= 15 is 0 Å². The molecule has 0 fully saturated rings. The molecule has 1 amide bonds. The minimum Gasteiger partial charge on any atom is -0.496 e. The maximum absolute atomic E-state index is 12.3. The number of fused-ring (bicyclic) bond motifs is 2. The van der Waals surface area contributed by atoms with E-state index in [9.17, 15) is 4.79 Å². The molecule has 0 bridgehead atoms. The van der Waals surface area contributed by atoms with E-state index in [0.717, 1.165) is 68.9 Å². The van der Waals surface area contributed by atoms with Crippen molar-refractivity contribution in [2.75, 3.05) is 39.9 Å². The Morgan fingerprint density at radius 2 is 1.39 bits per heavy atom. The predicted octanol–water partition coefficient (Wildman–Crippen LogP) is 7.22. The molecule has 0 aliphatic rings. The molecule has 46 heavy (non-hydrogen) atoms. The number of hydrogen-bond acceptors (Lipinski definition) is 5. The summed E-state index contributed by atoms with van der Waals surface area (Å²) in [5.41, 5.74) is 3.85. The van der Waals surface area contributed by atoms with Crippen LogP contribution in [0.4, 0.5) is 0 Å². The van der Waals surface area contributed by atoms with Crippen molar-refractivity contribution in [1.82, 2.24) is 16.0 Å². The van der Waals surface area contributed by atoms with E-state index in [0.29, 0.717) is 26.0 Å². The van der Waals surface area contributed by atoms with Crippen molar-refractivity contribution in [3.63, 3.8) is 0 Å². The zero-order chi connectivity index (χ0) is 31.8. The third-order valence-electron chi connectivity index (χ3n) is 8.34. The lowest BCUT2D eigenvalue weighted by molar-refractivity contribution is -0.121. The third kappa shape index (κ3) is 9.80. The van der Waals surface area contributed by atoms with E-state index < -0.39 is 0 Å². The molecule has 5 rings (SSSR count). The number of carbonyl (C=O) groups excluding carboxylic acids is 1. The molecule has 6 nitrogen and oxygen atoms in total. The second-order valence-corrected chi connectivity index (χ2v) is 11.7. The molecular weight excluding hydrogens is 570 g/mol. The molecule has 0 saturated heterocycles. The summed E-state index contributed by atoms with van der Waals surface area (Å²) in [5.74, 6) is 1.63. The number of nitrogens with one attached hydrogen (secondary N) is 3. The van der Waals surface area contributed by atoms with E-state index in [4.69, 9.17) is 9.47 Å². The van der Waals surface area contributed by atoms with Crippen molar-refractivity contribution in [2.24, 2.45) is 0 Å². The Morgan fingerprint density at radius 1 is 0.674 bits per heavy atom. The molecular formula is C40H47N3O3. The summed E-state index contributed by atoms with van der Waals surface area (Å²) in [6.07, 6.45) is 5.12. The van der Waals surface area contributed by atoms with Crippen LogP contribution in [-0.4, -0.2) is 45.8 Å². The Balaban J connectivity index is 0.915. The lowest BCUT2D eigenvalue weighted by Crippen LogP contribution is -2.27. The highest BCUT2D eigenvalue weighted by Crippen LogP contribution is 2.29. The van der Waals surface area contributed by atoms with Crippen LogP contribution in [0.2, 0.25) is 0 Å². The van der Waals surface area contributed by atoms with Gasteiger partial charge in [-0.05, 0) is 96.5 Å². The Bertz CT molecular complexity index is 1620. The molecule has 0 aliphatic heterocycles. The molecule has 0 unspecified atom stereocenters. The molecule has 5 aromatic carbocycles. The van der Waals surface area contributed by atoms with E-state index in [1.165, 1.54) is 32.7 Å². The number of benzene rings is 5. The lowest BCUT2D eigenvalue weighted by atomic mass is 9.94. The summed E-state index contributed by atoms with van der Waals surface area (Å²) < 4.78 is 11.5. The average molecular weight is 618 g/mol. The highest BCUT2D eigenvalue weighted by Gasteiger charge is 2.08. The number of methoxy groups -OCH3 is 1. The maximum Gasteiger partial charge on any atom is 0.220 e. The number of carbonyl (C=O) groups is 1. The topological polar surface area (TPSA) is 71.6 Å². The first-order valence-electron chi connectivity index (χ1n) is 16.6. The summed E-state index contributed by atoms with van der Waals surface area (Å²) in [6, 6.07) is 36.0. The van der Waals surface area contributed by atoms with E-state index in [1.54, 1.807) is 7.11 Å². The van der Waals surface area contributed by atoms with Crippen LogP contribution in [0.15, 0.2) is 103 Å². The van der Waals surface area contributed by atoms with Gasteiger partial charge >= 0.3 is 0 Å². The van der Waals surface area contributed by atoms with Crippen molar-refractivity contribution in [2.45, 2.75) is 45.1 Å². The molecule has 0 aromatic heterocycles. The molecule has 0 spiro atoms. The van der Waals surface area contributed by atoms with Gasteiger partial charge in [0.05, 0.1) is 13.7 Å². The minimum atomic E-state index is 0.0703. The molecule has 5 aromatic rings. The molecule has 0 atom stereocenters. The van der Waals surface area contributed by atoms with E-state index in [2.05, 4.69) is 94.8 Å². The van der Waals surface area contributed by atoms with Gasteiger partial charge in [0.15, 0.2) is 0 Å². The van der Waals surface area contributed by atoms with E-state index in [1.807, 2.05) is 24.3 Å². The van der Waals surface area contributed by atoms with Gasteiger partial charge in [-0.15, -0.1) is 0 Å². The summed E-state index contributed by atoms with van der Waals surface area (Å²) >= 11 is 0. The summed E-state index contributed by atoms with van der Waals surface area (Å²) in [6.45, 7) is 4.64. The van der Waals surface area contributed by atoms with Gasteiger partial charge in [-0.1, -0.05) is 84.9 Å². The van der Waals surface area contributed by atoms with Crippen molar-refractivity contribution >= 4 is 27.5 Å². The SMILES string of the molecule is COc1cc(OCCCC(=O)NCCCNCCCc2c3ccccc3cc3ccccc23)ccc1CNCCc1ccccc1. The van der Waals surface area contributed by atoms with Gasteiger partial charge in [-0.2, -0.15) is 0 Å². The van der Waals surface area contributed by atoms with Gasteiger partial charge in [0.1, 0.15) is 11.5 Å². The molecule has 6 heteroatoms. The normalized spacial score (nSPS) is 11.2. The zero-order valence-corrected chi connectivity index (χ0v) is 27.0. The molecule has 0 aliphatic carbocycles. The summed E-state index contributed by atoms with van der Waals surface area (Å²) in [5, 5.41) is 15.4. The van der Waals surface area contributed by atoms with Crippen LogP contribution in [0.1, 0.15) is 42.4 Å². The van der Waals surface area contributed by atoms with Gasteiger partial charge in [0.2, 0.25) is 5.91 Å². The number of rotatable bonds is 19. The van der Waals surface area contributed by atoms with E-state index in [-0.39, 0.29) is 5.91 Å². The first-order valence-corrected chi connectivity index (χ1v) is 16.6. The van der Waals surface area contributed by atoms with Gasteiger partial charge in [0.25, 0.3) is 0 Å². The Labute approximate surface area is 273 Å². The van der Waals surface area contributed by atoms with Crippen LogP contribution in [0.5, 0.6) is 11.5 Å². The molecule has 0 heterocycles. The molecule has 0 radical (unpaired) electrons. The van der Waals surface area contributed by atoms with Crippen LogP contribution < -0.4 is 25.4 Å². The molecule has 240 valence electrons. The zero-order valence-electron chi connectivity index (χ0n) is 27.0. The number of amides is 1. The summed E-state index contributed by atoms with van der Waals surface area (Å²) in [7, 11) is 1.68. The monoisotopic (exact) mass is 617 g/mol. The standard InChI is InChI=1S/C40H47N3O3/c1-45-39-29-35(21-20-34(39)30-42-26-22-31-12-3-2-4-13-31)46-27-10-19-40(44)43-25-11-24-41-23-9-18-38-36-16-7-5-14-32(36)28-33-15-6-8-17-37(33)38/h2-8,12-17,20-21,28-29,41-42H,9-11,18-19,22-27,30H2,1H3,(H,43,44). The predicted molar refractivity (Wildman–Crippen MR) is 190 cm³/mol. The van der Waals surface area contributed by atoms with Gasteiger partial charge < -0.3 is 25.4 Å². The van der Waals surface area contributed by atoms with Crippen molar-refractivity contribution in [3.8, 4) is 11.5 Å². The Kier molecular flexibility index (Phi) is 12.9. The van der Waals surface area contributed by atoms with Crippen LogP contribution in [0, 0.1) is 0 Å². The van der Waals surface area contributed by atoms with Crippen molar-refractivity contribution < 1.29 is 14.3 Å². The Morgan fingerprint density at radius 3 is 2.15 bits per heavy atom. The van der Waals surface area contributed by atoms with Crippen LogP contribution in [0.3, 0.4) is 0 Å². The maximum atomic E-state index is 12.3. The van der Waals surface area contributed by atoms with Crippen LogP contribution in [0.25, 0.3) is 21.5 Å². The highest BCUT2D eigenvalue weighted by molar-refractivity contribution is 6.02. The van der Waals surface area contributed by atoms with Crippen molar-refractivity contribution in [1.29, 1.82) is 0 Å². The molecule has 0 saturated carbocycles. The Hall–Kier alpha value is -4.39. The largest absolute Gasteiger partial charge is 0.496 e. The van der Waals surface area contributed by atoms with Crippen LogP contribution in [-0.2, 0) is 24.2 Å². The highest BCUT2D eigenvalue weighted by atomic mass is 16.5. The second kappa shape index (κ2) is 17.9.